The smallest absolute Gasteiger partial charge is 0.280 e. The van der Waals surface area contributed by atoms with Crippen LogP contribution in [0.25, 0.3) is 16.8 Å². The lowest BCUT2D eigenvalue weighted by molar-refractivity contribution is -0.114. The minimum absolute atomic E-state index is 0.0257. The highest BCUT2D eigenvalue weighted by molar-refractivity contribution is 6.32. The van der Waals surface area contributed by atoms with Gasteiger partial charge in [-0.1, -0.05) is 60.7 Å². The van der Waals surface area contributed by atoms with Crippen LogP contribution >= 0.6 is 0 Å². The first-order valence-corrected chi connectivity index (χ1v) is 11.1. The second-order valence-corrected chi connectivity index (χ2v) is 8.24. The van der Waals surface area contributed by atoms with E-state index in [2.05, 4.69) is 5.10 Å². The van der Waals surface area contributed by atoms with Crippen molar-refractivity contribution in [1.82, 2.24) is 0 Å². The van der Waals surface area contributed by atoms with Gasteiger partial charge < -0.3 is 4.74 Å². The average Bonchev–Trinajstić information content (AvgIpc) is 3.18. The van der Waals surface area contributed by atoms with Crippen LogP contribution in [0, 0.1) is 29.1 Å². The Labute approximate surface area is 207 Å². The maximum Gasteiger partial charge on any atom is 0.280 e. The van der Waals surface area contributed by atoms with Gasteiger partial charge in [0.2, 0.25) is 5.82 Å². The van der Waals surface area contributed by atoms with Crippen LogP contribution in [-0.2, 0) is 11.4 Å². The van der Waals surface area contributed by atoms with Crippen LogP contribution in [0.1, 0.15) is 18.1 Å². The number of ether oxygens (including phenoxy) is 1. The van der Waals surface area contributed by atoms with Crippen molar-refractivity contribution in [2.45, 2.75) is 13.5 Å². The lowest BCUT2D eigenvalue weighted by atomic mass is 10.0. The van der Waals surface area contributed by atoms with Crippen LogP contribution in [0.2, 0.25) is 0 Å². The van der Waals surface area contributed by atoms with Crippen molar-refractivity contribution in [3.05, 3.63) is 113 Å². The maximum absolute atomic E-state index is 14.3. The number of hydrogen-bond donors (Lipinski definition) is 0. The van der Waals surface area contributed by atoms with Gasteiger partial charge in [-0.25, -0.2) is 22.0 Å². The van der Waals surface area contributed by atoms with Crippen LogP contribution in [0.3, 0.4) is 0 Å². The Morgan fingerprint density at radius 3 is 2.19 bits per heavy atom. The predicted octanol–water partition coefficient (Wildman–Crippen LogP) is 6.92. The summed E-state index contributed by atoms with van der Waals surface area (Å²) >= 11 is 0. The number of fused-ring (bicyclic) bond motifs is 1. The van der Waals surface area contributed by atoms with Crippen LogP contribution < -0.4 is 9.75 Å². The second kappa shape index (κ2) is 9.50. The van der Waals surface area contributed by atoms with Gasteiger partial charge in [0.25, 0.3) is 5.91 Å². The molecule has 0 atom stereocenters. The monoisotopic (exact) mass is 508 g/mol. The molecule has 0 saturated carbocycles. The number of para-hydroxylation sites is 1. The summed E-state index contributed by atoms with van der Waals surface area (Å²) in [6, 6.07) is 20.4. The van der Waals surface area contributed by atoms with E-state index in [4.69, 9.17) is 4.74 Å². The summed E-state index contributed by atoms with van der Waals surface area (Å²) in [6.45, 7) is 1.61. The average molecular weight is 508 g/mol. The second-order valence-electron chi connectivity index (χ2n) is 8.24. The molecule has 5 rings (SSSR count). The lowest BCUT2D eigenvalue weighted by Gasteiger charge is -2.15. The number of hydrazone groups is 1. The zero-order valence-electron chi connectivity index (χ0n) is 19.2. The predicted molar refractivity (Wildman–Crippen MR) is 130 cm³/mol. The molecule has 9 heteroatoms. The van der Waals surface area contributed by atoms with Gasteiger partial charge in [-0.05, 0) is 35.4 Å². The van der Waals surface area contributed by atoms with Crippen LogP contribution in [0.15, 0.2) is 77.4 Å². The third-order valence-corrected chi connectivity index (χ3v) is 5.94. The van der Waals surface area contributed by atoms with Crippen molar-refractivity contribution in [1.29, 1.82) is 0 Å². The third kappa shape index (κ3) is 4.22. The van der Waals surface area contributed by atoms with E-state index in [1.54, 1.807) is 24.3 Å². The summed E-state index contributed by atoms with van der Waals surface area (Å²) in [7, 11) is 0. The van der Waals surface area contributed by atoms with E-state index in [0.29, 0.717) is 11.3 Å². The zero-order chi connectivity index (χ0) is 26.3. The fourth-order valence-corrected chi connectivity index (χ4v) is 4.08. The van der Waals surface area contributed by atoms with Gasteiger partial charge in [-0.2, -0.15) is 10.1 Å². The van der Waals surface area contributed by atoms with E-state index in [-0.39, 0.29) is 22.9 Å². The first-order chi connectivity index (χ1) is 17.8. The highest BCUT2D eigenvalue weighted by atomic mass is 19.2. The van der Waals surface area contributed by atoms with E-state index >= 15 is 0 Å². The van der Waals surface area contributed by atoms with Crippen LogP contribution in [0.4, 0.5) is 27.6 Å². The quantitative estimate of drug-likeness (QED) is 0.127. The van der Waals surface area contributed by atoms with Gasteiger partial charge >= 0.3 is 0 Å². The molecule has 0 N–H and O–H groups in total. The first kappa shape index (κ1) is 24.2. The Balaban J connectivity index is 1.47. The number of amides is 1. The molecular formula is C28H17F5N2O2. The van der Waals surface area contributed by atoms with Crippen molar-refractivity contribution in [3.63, 3.8) is 0 Å². The first-order valence-electron chi connectivity index (χ1n) is 11.1. The minimum atomic E-state index is -2.32. The van der Waals surface area contributed by atoms with Gasteiger partial charge in [0.15, 0.2) is 23.3 Å². The van der Waals surface area contributed by atoms with Crippen molar-refractivity contribution in [3.8, 4) is 5.75 Å². The van der Waals surface area contributed by atoms with Gasteiger partial charge in [0.1, 0.15) is 18.0 Å². The van der Waals surface area contributed by atoms with Crippen molar-refractivity contribution < 1.29 is 31.5 Å². The number of carbonyl (C=O) groups excluding carboxylic acids is 1. The molecule has 0 radical (unpaired) electrons. The van der Waals surface area contributed by atoms with Crippen LogP contribution in [0.5, 0.6) is 5.75 Å². The van der Waals surface area contributed by atoms with E-state index in [0.717, 1.165) is 16.3 Å². The molecule has 4 nitrogen and oxygen atoms in total. The molecule has 1 heterocycles. The van der Waals surface area contributed by atoms with Crippen molar-refractivity contribution in [2.75, 3.05) is 5.01 Å². The van der Waals surface area contributed by atoms with E-state index in [9.17, 15) is 26.7 Å². The van der Waals surface area contributed by atoms with Crippen LogP contribution in [-0.4, -0.2) is 11.6 Å². The van der Waals surface area contributed by atoms with E-state index in [1.165, 1.54) is 13.0 Å². The zero-order valence-corrected chi connectivity index (χ0v) is 19.2. The van der Waals surface area contributed by atoms with Gasteiger partial charge in [0.05, 0.1) is 11.3 Å². The summed E-state index contributed by atoms with van der Waals surface area (Å²) in [5.41, 5.74) is -0.111. The fourth-order valence-electron chi connectivity index (χ4n) is 4.08. The van der Waals surface area contributed by atoms with E-state index < -0.39 is 40.7 Å². The number of hydrogen-bond acceptors (Lipinski definition) is 3. The fraction of sp³-hybridized carbons (Fsp3) is 0.0714. The third-order valence-electron chi connectivity index (χ3n) is 5.94. The molecule has 1 aliphatic rings. The Morgan fingerprint density at radius 1 is 0.811 bits per heavy atom. The molecule has 4 aromatic rings. The lowest BCUT2D eigenvalue weighted by Crippen LogP contribution is -2.25. The highest BCUT2D eigenvalue weighted by Crippen LogP contribution is 2.34. The number of benzene rings is 4. The van der Waals surface area contributed by atoms with Gasteiger partial charge in [-0.15, -0.1) is 0 Å². The van der Waals surface area contributed by atoms with E-state index in [1.807, 2.05) is 42.5 Å². The molecule has 0 bridgehead atoms. The largest absolute Gasteiger partial charge is 0.488 e. The molecule has 0 saturated heterocycles. The topological polar surface area (TPSA) is 41.9 Å². The number of anilines is 1. The standard InChI is InChI=1S/C28H17F5N2O2/c1-15-20(28(36)35(34-15)27-25(32)23(30)22(29)24(31)26(27)33)13-17-8-3-5-12-21(17)37-14-18-10-6-9-16-7-2-4-11-19(16)18/h2-13H,14H2,1H3/b20-13-. The molecule has 37 heavy (non-hydrogen) atoms. The van der Waals surface area contributed by atoms with Crippen molar-refractivity contribution >= 4 is 34.2 Å². The SMILES string of the molecule is CC1=NN(c2c(F)c(F)c(F)c(F)c2F)C(=O)/C1=C\c1ccccc1OCc1cccc2ccccc12. The molecule has 4 aromatic carbocycles. The number of halogens is 5. The summed E-state index contributed by atoms with van der Waals surface area (Å²) in [4.78, 5) is 13.0. The molecular weight excluding hydrogens is 491 g/mol. The van der Waals surface area contributed by atoms with Gasteiger partial charge in [0, 0.05) is 5.56 Å². The molecule has 186 valence electrons. The van der Waals surface area contributed by atoms with Gasteiger partial charge in [-0.3, -0.25) is 4.79 Å². The van der Waals surface area contributed by atoms with Crippen molar-refractivity contribution in [2.24, 2.45) is 5.10 Å². The molecule has 0 unspecified atom stereocenters. The molecule has 0 aliphatic carbocycles. The Morgan fingerprint density at radius 2 is 1.43 bits per heavy atom. The number of rotatable bonds is 5. The molecule has 1 aliphatic heterocycles. The Kier molecular flexibility index (Phi) is 6.20. The Bertz CT molecular complexity index is 1600. The minimum Gasteiger partial charge on any atom is -0.488 e. The molecule has 0 aromatic heterocycles. The summed E-state index contributed by atoms with van der Waals surface area (Å²) in [6.07, 6.45) is 1.39. The maximum atomic E-state index is 14.3. The molecule has 1 amide bonds. The number of carbonyl (C=O) groups is 1. The number of nitrogens with zero attached hydrogens (tertiary/aromatic N) is 2. The molecule has 0 spiro atoms. The summed E-state index contributed by atoms with van der Waals surface area (Å²) < 4.78 is 75.6. The summed E-state index contributed by atoms with van der Waals surface area (Å²) in [5, 5.41) is 6.01. The summed E-state index contributed by atoms with van der Waals surface area (Å²) in [5.74, 6) is -11.6. The Hall–Kier alpha value is -4.53. The molecule has 0 fully saturated rings. The normalized spacial score (nSPS) is 14.5. The highest BCUT2D eigenvalue weighted by Gasteiger charge is 2.37.